The summed E-state index contributed by atoms with van der Waals surface area (Å²) in [4.78, 5) is 45.2. The van der Waals surface area contributed by atoms with Crippen LogP contribution in [0.2, 0.25) is 0 Å². The van der Waals surface area contributed by atoms with Gasteiger partial charge >= 0.3 is 19.5 Å². The molecule has 9 heteroatoms. The SMILES string of the molecule is CCCCCCC1=C(C)c2nc1cc1[n-]c(c(C)c1CCCCCC)c(-c1ccc(C#CC#Cc3ccc(-c4c5nc(cc6[nH]c(c(C)c6CCCCCC)c(-c6cc(C(C)(C)C)cc(C(C)(C)C)c6)c6nc(cc7[nH]c4c(C)c7CCCCCC)C(CCCCCC)=C6C)C(CCCCCC)=C5C)cc3)cc1)c1nc(cc3[n-]c(c(C)c3CCCCCC)c2-c2cc(C(C)(C)C)cc(C(C)(C)C)c2)C(CCCCCC)=C1C.[Zn+2]. The fourth-order valence-electron chi connectivity index (χ4n) is 23.3. The molecule has 2 N–H and O–H groups in total. The zero-order chi connectivity index (χ0) is 106. The number of allylic oxidation sites excluding steroid dienone is 8. The molecule has 0 spiro atoms. The van der Waals surface area contributed by atoms with E-state index >= 15 is 0 Å². The third kappa shape index (κ3) is 27.4. The molecule has 6 aromatic heterocycles. The van der Waals surface area contributed by atoms with Crippen LogP contribution in [0.1, 0.15) is 521 Å². The first-order valence-corrected chi connectivity index (χ1v) is 58.8. The van der Waals surface area contributed by atoms with Crippen molar-refractivity contribution in [2.75, 3.05) is 0 Å². The first-order chi connectivity index (χ1) is 71.0. The molecule has 0 atom stereocenters. The van der Waals surface area contributed by atoms with Crippen molar-refractivity contribution in [1.29, 1.82) is 0 Å². The largest absolute Gasteiger partial charge is 2.00 e. The van der Waals surface area contributed by atoms with Gasteiger partial charge in [-0.25, -0.2) is 19.9 Å². The summed E-state index contributed by atoms with van der Waals surface area (Å²) in [7, 11) is 0. The van der Waals surface area contributed by atoms with E-state index in [9.17, 15) is 0 Å². The molecule has 14 rings (SSSR count). The fourth-order valence-corrected chi connectivity index (χ4v) is 23.3. The van der Waals surface area contributed by atoms with Crippen LogP contribution in [0.15, 0.2) is 109 Å². The van der Waals surface area contributed by atoms with Crippen LogP contribution in [0.5, 0.6) is 0 Å². The number of rotatable bonds is 44. The minimum Gasteiger partial charge on any atom is -0.657 e. The van der Waals surface area contributed by atoms with E-state index in [0.29, 0.717) is 0 Å². The van der Waals surface area contributed by atoms with Gasteiger partial charge < -0.3 is 19.9 Å². The summed E-state index contributed by atoms with van der Waals surface area (Å²) in [5.41, 5.74) is 53.8. The van der Waals surface area contributed by atoms with Crippen LogP contribution in [0.3, 0.4) is 0 Å². The van der Waals surface area contributed by atoms with E-state index in [1.807, 2.05) is 0 Å². The Morgan fingerprint density at radius 2 is 0.497 bits per heavy atom. The summed E-state index contributed by atoms with van der Waals surface area (Å²) in [6.07, 6.45) is 44.8. The number of nitrogens with zero attached hydrogens (tertiary/aromatic N) is 6. The number of aromatic amines is 2. The van der Waals surface area contributed by atoms with E-state index in [-0.39, 0.29) is 41.1 Å². The van der Waals surface area contributed by atoms with Crippen LogP contribution < -0.4 is 9.97 Å². The molecule has 0 saturated heterocycles. The molecule has 0 radical (unpaired) electrons. The van der Waals surface area contributed by atoms with E-state index in [1.165, 1.54) is 280 Å². The van der Waals surface area contributed by atoms with Crippen molar-refractivity contribution in [3.8, 4) is 68.2 Å². The molecular formula is C140H184N8Zn. The van der Waals surface area contributed by atoms with Crippen LogP contribution in [-0.4, -0.2) is 29.9 Å². The molecule has 0 aliphatic carbocycles. The average Bonchev–Trinajstić information content (AvgIpc) is 1.58. The average molecular weight is 2040 g/mol. The number of nitrogens with one attached hydrogen (secondary N) is 2. The van der Waals surface area contributed by atoms with E-state index in [1.54, 1.807) is 0 Å². The zero-order valence-electron chi connectivity index (χ0n) is 98.1. The van der Waals surface area contributed by atoms with Crippen LogP contribution in [0.25, 0.3) is 133 Å². The topological polar surface area (TPSA) is 111 Å². The first-order valence-electron chi connectivity index (χ1n) is 58.8. The fraction of sp³-hybridized carbons (Fsp3) is 0.514. The summed E-state index contributed by atoms with van der Waals surface area (Å²) < 4.78 is 0. The van der Waals surface area contributed by atoms with Crippen LogP contribution in [-0.2, 0) is 66.8 Å². The number of unbranched alkanes of at least 4 members (excludes halogenated alkanes) is 24. The molecule has 0 saturated carbocycles. The van der Waals surface area contributed by atoms with Crippen molar-refractivity contribution in [2.24, 2.45) is 0 Å². The van der Waals surface area contributed by atoms with Crippen molar-refractivity contribution in [3.05, 3.63) is 233 Å². The van der Waals surface area contributed by atoms with Gasteiger partial charge in [-0.3, -0.25) is 0 Å². The van der Waals surface area contributed by atoms with Gasteiger partial charge in [-0.1, -0.05) is 399 Å². The standard InChI is InChI=1S/C140H184N8.Zn/c1-29-37-45-53-65-109-91(9)129-125(130-92(10)110(66-54-46-38-30-2)118(142-130)88-122-114(70-58-50-42-34-6)96(14)134(146-122)127(103-81-105(137(17,18)19)85-106(82-103)138(20,21)22)133-95(13)113(69-57-49-41-33-5)121(145-133)87-117(109)141-129)101-77-73-99(74-78-101)63-61-62-64-100-75-79-102(80-76-100)126-131-93(11)111(67-55-47-39-31-3)119(143-131)89-123-115(71-59-51-43-35-7)97(15)135(147-123)128(104-83-107(139(23,24)25)86-108(84-104)140(26,27)28)136-98(16)116(72-60-52-44-36-8)124(148-136)90-120-112(68-56-48-40-32-4)94(12)132(126)144-120;/h73-90,141,146H,29-60,65-72H2,1-28H3;/q-2;+2. The van der Waals surface area contributed by atoms with E-state index in [0.717, 1.165) is 233 Å². The third-order valence-corrected chi connectivity index (χ3v) is 32.9. The van der Waals surface area contributed by atoms with Crippen LogP contribution >= 0.6 is 0 Å². The molecule has 149 heavy (non-hydrogen) atoms. The summed E-state index contributed by atoms with van der Waals surface area (Å²) in [5, 5.41) is 0. The molecule has 4 aliphatic rings. The normalized spacial score (nSPS) is 13.1. The summed E-state index contributed by atoms with van der Waals surface area (Å²) in [6, 6.07) is 42.8. The number of hydrogen-bond donors (Lipinski definition) is 2. The molecule has 16 bridgehead atoms. The quantitative estimate of drug-likeness (QED) is 0.0224. The Morgan fingerprint density at radius 1 is 0.255 bits per heavy atom. The van der Waals surface area contributed by atoms with E-state index < -0.39 is 0 Å². The number of H-pyrrole nitrogens is 2. The van der Waals surface area contributed by atoms with E-state index in [4.69, 9.17) is 29.9 Å². The Morgan fingerprint density at radius 3 is 0.779 bits per heavy atom. The van der Waals surface area contributed by atoms with Crippen molar-refractivity contribution >= 4 is 88.7 Å². The second-order valence-electron chi connectivity index (χ2n) is 48.5. The second kappa shape index (κ2) is 52.4. The van der Waals surface area contributed by atoms with Gasteiger partial charge in [0.15, 0.2) is 0 Å². The van der Waals surface area contributed by atoms with Gasteiger partial charge in [-0.15, -0.1) is 22.1 Å². The maximum Gasteiger partial charge on any atom is 2.00 e. The molecule has 10 aromatic rings. The molecule has 8 nitrogen and oxygen atoms in total. The molecule has 0 unspecified atom stereocenters. The smallest absolute Gasteiger partial charge is 0.657 e. The molecule has 4 aliphatic heterocycles. The summed E-state index contributed by atoms with van der Waals surface area (Å²) in [6.45, 7) is 66.1. The number of fused-ring (bicyclic) bond motifs is 16. The first kappa shape index (κ1) is 116. The number of aryl methyl sites for hydroxylation is 8. The van der Waals surface area contributed by atoms with Gasteiger partial charge in [-0.05, 0) is 350 Å². The number of benzene rings is 4. The van der Waals surface area contributed by atoms with Crippen molar-refractivity contribution in [2.45, 2.75) is 472 Å². The van der Waals surface area contributed by atoms with Gasteiger partial charge in [0.05, 0.1) is 56.6 Å². The van der Waals surface area contributed by atoms with Gasteiger partial charge in [0.25, 0.3) is 0 Å². The van der Waals surface area contributed by atoms with Crippen molar-refractivity contribution in [1.82, 2.24) is 39.9 Å². The molecule has 786 valence electrons. The minimum absolute atomic E-state index is 0. The number of hydrogen-bond acceptors (Lipinski definition) is 4. The Kier molecular flexibility index (Phi) is 40.8. The predicted octanol–water partition coefficient (Wildman–Crippen LogP) is 40.8. The van der Waals surface area contributed by atoms with Gasteiger partial charge in [0.1, 0.15) is 0 Å². The van der Waals surface area contributed by atoms with Gasteiger partial charge in [0.2, 0.25) is 0 Å². The molecule has 0 fully saturated rings. The maximum absolute atomic E-state index is 6.14. The van der Waals surface area contributed by atoms with E-state index in [2.05, 4.69) is 337 Å². The maximum atomic E-state index is 6.14. The Bertz CT molecular complexity index is 6560. The van der Waals surface area contributed by atoms with Crippen LogP contribution in [0, 0.1) is 51.4 Å². The van der Waals surface area contributed by atoms with Crippen LogP contribution in [0.4, 0.5) is 0 Å². The van der Waals surface area contributed by atoms with Gasteiger partial charge in [-0.2, -0.15) is 0 Å². The van der Waals surface area contributed by atoms with Gasteiger partial charge in [0, 0.05) is 33.3 Å². The monoisotopic (exact) mass is 2040 g/mol. The molecule has 0 amide bonds. The Hall–Kier alpha value is -10.2. The Labute approximate surface area is 914 Å². The van der Waals surface area contributed by atoms with Crippen molar-refractivity contribution in [3.63, 3.8) is 0 Å². The molecule has 10 heterocycles. The predicted molar refractivity (Wildman–Crippen MR) is 646 cm³/mol. The molecular weight excluding hydrogens is 1860 g/mol. The zero-order valence-corrected chi connectivity index (χ0v) is 101. The Balaban J connectivity index is 0.0000185. The molecule has 4 aromatic carbocycles. The second-order valence-corrected chi connectivity index (χ2v) is 48.5. The number of aromatic nitrogens is 8. The third-order valence-electron chi connectivity index (χ3n) is 32.9. The summed E-state index contributed by atoms with van der Waals surface area (Å²) in [5.74, 6) is 13.9. The summed E-state index contributed by atoms with van der Waals surface area (Å²) >= 11 is 0. The minimum atomic E-state index is -0.108. The van der Waals surface area contributed by atoms with Crippen molar-refractivity contribution < 1.29 is 19.5 Å².